The van der Waals surface area contributed by atoms with Crippen LogP contribution in [0.5, 0.6) is 0 Å². The van der Waals surface area contributed by atoms with E-state index in [0.717, 1.165) is 64.0 Å². The van der Waals surface area contributed by atoms with E-state index in [1.165, 1.54) is 17.7 Å². The van der Waals surface area contributed by atoms with Crippen LogP contribution in [-0.4, -0.2) is 43.2 Å². The molecule has 4 aromatic heterocycles. The first-order valence-electron chi connectivity index (χ1n) is 10.1. The Morgan fingerprint density at radius 3 is 2.87 bits per heavy atom. The smallest absolute Gasteiger partial charge is 0.159 e. The molecular formula is C23H18FN7. The molecule has 3 N–H and O–H groups in total. The summed E-state index contributed by atoms with van der Waals surface area (Å²) < 4.78 is 13.8. The Balaban J connectivity index is 1.49. The average Bonchev–Trinajstić information content (AvgIpc) is 3.43. The Morgan fingerprint density at radius 2 is 2.00 bits per heavy atom. The fourth-order valence-corrected chi connectivity index (χ4v) is 4.04. The van der Waals surface area contributed by atoms with Gasteiger partial charge in [0.1, 0.15) is 11.5 Å². The topological polar surface area (TPSA) is 95.2 Å². The Morgan fingerprint density at radius 1 is 1.03 bits per heavy atom. The number of imidazole rings is 1. The quantitative estimate of drug-likeness (QED) is 0.416. The molecule has 5 heterocycles. The molecule has 0 saturated carbocycles. The molecule has 0 unspecified atom stereocenters. The van der Waals surface area contributed by atoms with E-state index >= 15 is 0 Å². The van der Waals surface area contributed by atoms with Crippen molar-refractivity contribution in [1.82, 2.24) is 35.5 Å². The van der Waals surface area contributed by atoms with Gasteiger partial charge < -0.3 is 10.3 Å². The van der Waals surface area contributed by atoms with E-state index in [1.807, 2.05) is 12.3 Å². The number of hydrogen-bond acceptors (Lipinski definition) is 5. The molecule has 6 rings (SSSR count). The number of H-pyrrole nitrogens is 2. The highest BCUT2D eigenvalue weighted by Crippen LogP contribution is 2.32. The number of nitrogens with one attached hydrogen (secondary N) is 3. The van der Waals surface area contributed by atoms with Crippen LogP contribution in [0.3, 0.4) is 0 Å². The zero-order valence-corrected chi connectivity index (χ0v) is 16.5. The molecule has 1 aromatic carbocycles. The van der Waals surface area contributed by atoms with Gasteiger partial charge in [-0.25, -0.2) is 9.37 Å². The fraction of sp³-hybridized carbons (Fsp3) is 0.130. The van der Waals surface area contributed by atoms with Crippen LogP contribution in [0.2, 0.25) is 0 Å². The lowest BCUT2D eigenvalue weighted by Gasteiger charge is -2.13. The minimum atomic E-state index is -0.296. The zero-order chi connectivity index (χ0) is 20.8. The summed E-state index contributed by atoms with van der Waals surface area (Å²) in [5.74, 6) is 0.333. The lowest BCUT2D eigenvalue weighted by atomic mass is 10.0. The summed E-state index contributed by atoms with van der Waals surface area (Å²) in [5, 5.41) is 11.8. The van der Waals surface area contributed by atoms with Gasteiger partial charge in [0, 0.05) is 23.7 Å². The molecule has 152 valence electrons. The monoisotopic (exact) mass is 411 g/mol. The lowest BCUT2D eigenvalue weighted by molar-refractivity contribution is 0.628. The Kier molecular flexibility index (Phi) is 4.10. The molecule has 0 saturated heterocycles. The van der Waals surface area contributed by atoms with Gasteiger partial charge in [0.25, 0.3) is 0 Å². The summed E-state index contributed by atoms with van der Waals surface area (Å²) in [4.78, 5) is 17.0. The molecule has 0 spiro atoms. The number of fused-ring (bicyclic) bond motifs is 2. The largest absolute Gasteiger partial charge is 0.335 e. The molecule has 0 atom stereocenters. The van der Waals surface area contributed by atoms with Gasteiger partial charge in [-0.3, -0.25) is 15.1 Å². The van der Waals surface area contributed by atoms with Crippen molar-refractivity contribution in [3.05, 3.63) is 66.5 Å². The lowest BCUT2D eigenvalue weighted by Crippen LogP contribution is -2.20. The minimum absolute atomic E-state index is 0.296. The molecule has 1 aliphatic heterocycles. The van der Waals surface area contributed by atoms with Gasteiger partial charge in [-0.2, -0.15) is 5.10 Å². The second-order valence-corrected chi connectivity index (χ2v) is 7.55. The summed E-state index contributed by atoms with van der Waals surface area (Å²) >= 11 is 0. The number of aromatic nitrogens is 6. The first-order valence-corrected chi connectivity index (χ1v) is 10.1. The Bertz CT molecular complexity index is 1460. The van der Waals surface area contributed by atoms with Crippen LogP contribution in [0.1, 0.15) is 12.1 Å². The van der Waals surface area contributed by atoms with Gasteiger partial charge in [0.15, 0.2) is 5.82 Å². The van der Waals surface area contributed by atoms with E-state index in [9.17, 15) is 4.39 Å². The summed E-state index contributed by atoms with van der Waals surface area (Å²) in [6.07, 6.45) is 8.35. The normalized spacial score (nSPS) is 14.3. The van der Waals surface area contributed by atoms with Crippen molar-refractivity contribution in [2.24, 2.45) is 0 Å². The van der Waals surface area contributed by atoms with Crippen LogP contribution in [0, 0.1) is 5.82 Å². The molecule has 1 aliphatic rings. The third kappa shape index (κ3) is 3.08. The number of nitrogens with zero attached hydrogens (tertiary/aromatic N) is 4. The van der Waals surface area contributed by atoms with Crippen molar-refractivity contribution in [3.63, 3.8) is 0 Å². The van der Waals surface area contributed by atoms with E-state index < -0.39 is 0 Å². The number of hydrogen-bond donors (Lipinski definition) is 3. The molecule has 7 nitrogen and oxygen atoms in total. The van der Waals surface area contributed by atoms with Gasteiger partial charge in [0.2, 0.25) is 0 Å². The summed E-state index contributed by atoms with van der Waals surface area (Å²) in [6, 6.07) is 8.50. The Labute approximate surface area is 176 Å². The van der Waals surface area contributed by atoms with E-state index in [2.05, 4.69) is 42.6 Å². The van der Waals surface area contributed by atoms with Crippen LogP contribution < -0.4 is 5.32 Å². The highest BCUT2D eigenvalue weighted by Gasteiger charge is 2.17. The molecule has 8 heteroatoms. The maximum absolute atomic E-state index is 13.8. The van der Waals surface area contributed by atoms with Crippen LogP contribution in [0.4, 0.5) is 4.39 Å². The molecule has 31 heavy (non-hydrogen) atoms. The van der Waals surface area contributed by atoms with Crippen LogP contribution >= 0.6 is 0 Å². The third-order valence-electron chi connectivity index (χ3n) is 5.59. The predicted molar refractivity (Wildman–Crippen MR) is 118 cm³/mol. The average molecular weight is 411 g/mol. The third-order valence-corrected chi connectivity index (χ3v) is 5.59. The van der Waals surface area contributed by atoms with Gasteiger partial charge in [-0.05, 0) is 42.3 Å². The molecule has 0 fully saturated rings. The van der Waals surface area contributed by atoms with Crippen molar-refractivity contribution in [3.8, 4) is 22.6 Å². The van der Waals surface area contributed by atoms with Crippen molar-refractivity contribution < 1.29 is 4.39 Å². The molecular weight excluding hydrogens is 393 g/mol. The molecule has 5 aromatic rings. The summed E-state index contributed by atoms with van der Waals surface area (Å²) in [6.45, 7) is 1.80. The number of aromatic amines is 2. The number of pyridine rings is 2. The molecule has 0 aliphatic carbocycles. The SMILES string of the molecule is Fc1cccc(-c2cncc3[nH]c(-c4n[nH]c5cnc(C6=CCNCC6)cc45)nc23)c1. The predicted octanol–water partition coefficient (Wildman–Crippen LogP) is 4.08. The summed E-state index contributed by atoms with van der Waals surface area (Å²) in [5.41, 5.74) is 6.73. The van der Waals surface area contributed by atoms with Crippen molar-refractivity contribution in [2.75, 3.05) is 13.1 Å². The Hall–Kier alpha value is -3.91. The van der Waals surface area contributed by atoms with E-state index in [0.29, 0.717) is 5.82 Å². The first-order chi connectivity index (χ1) is 15.3. The van der Waals surface area contributed by atoms with E-state index in [1.54, 1.807) is 18.5 Å². The maximum atomic E-state index is 13.8. The second kappa shape index (κ2) is 7.10. The standard InChI is InChI=1S/C23H18FN7/c24-15-3-1-2-14(8-15)17-10-26-11-20-21(17)29-23(28-20)22-16-9-18(13-4-6-25-7-5-13)27-12-19(16)30-31-22/h1-4,8-12,25H,5-7H2,(H,28,29)(H,30,31). The minimum Gasteiger partial charge on any atom is -0.335 e. The zero-order valence-electron chi connectivity index (χ0n) is 16.5. The highest BCUT2D eigenvalue weighted by molar-refractivity contribution is 5.97. The highest BCUT2D eigenvalue weighted by atomic mass is 19.1. The van der Waals surface area contributed by atoms with Crippen molar-refractivity contribution >= 4 is 27.5 Å². The molecule has 0 amide bonds. The van der Waals surface area contributed by atoms with Gasteiger partial charge in [-0.15, -0.1) is 0 Å². The van der Waals surface area contributed by atoms with Crippen molar-refractivity contribution in [1.29, 1.82) is 0 Å². The summed E-state index contributed by atoms with van der Waals surface area (Å²) in [7, 11) is 0. The van der Waals surface area contributed by atoms with Crippen molar-refractivity contribution in [2.45, 2.75) is 6.42 Å². The van der Waals surface area contributed by atoms with Crippen LogP contribution in [0.15, 0.2) is 55.0 Å². The van der Waals surface area contributed by atoms with E-state index in [-0.39, 0.29) is 5.82 Å². The molecule has 0 bridgehead atoms. The number of halogens is 1. The van der Waals surface area contributed by atoms with Gasteiger partial charge >= 0.3 is 0 Å². The van der Waals surface area contributed by atoms with E-state index in [4.69, 9.17) is 4.98 Å². The molecule has 0 radical (unpaired) electrons. The van der Waals surface area contributed by atoms with Crippen LogP contribution in [0.25, 0.3) is 50.2 Å². The van der Waals surface area contributed by atoms with Crippen LogP contribution in [-0.2, 0) is 0 Å². The number of benzene rings is 1. The maximum Gasteiger partial charge on any atom is 0.159 e. The van der Waals surface area contributed by atoms with Gasteiger partial charge in [-0.1, -0.05) is 18.2 Å². The first kappa shape index (κ1) is 17.9. The fourth-order valence-electron chi connectivity index (χ4n) is 4.04. The van der Waals surface area contributed by atoms with Gasteiger partial charge in [0.05, 0.1) is 34.6 Å². The second-order valence-electron chi connectivity index (χ2n) is 7.55. The number of rotatable bonds is 3.